The van der Waals surface area contributed by atoms with Crippen molar-refractivity contribution in [2.45, 2.75) is 44.9 Å². The van der Waals surface area contributed by atoms with Crippen molar-refractivity contribution < 1.29 is 0 Å². The van der Waals surface area contributed by atoms with E-state index in [4.69, 9.17) is 5.73 Å². The van der Waals surface area contributed by atoms with Crippen LogP contribution in [0, 0.1) is 11.8 Å². The van der Waals surface area contributed by atoms with Gasteiger partial charge < -0.3 is 21.4 Å². The lowest BCUT2D eigenvalue weighted by Gasteiger charge is -2.25. The molecule has 23 heavy (non-hydrogen) atoms. The van der Waals surface area contributed by atoms with E-state index in [0.717, 1.165) is 28.7 Å². The highest BCUT2D eigenvalue weighted by atomic mass is 15.0. The standard InChI is InChI=1S/C13H18N4.C5H11N/c14-11(9-4-2-1-3-5-9)12-10-6-7-15-13(10)17-8-16-12;1-6-4-5-2-3-5/h6-9,15H,1-5,14H2,(H,16,17);5-6H,2-4H2,1H3/b12-11-;. The second-order valence-electron chi connectivity index (χ2n) is 6.81. The zero-order valence-electron chi connectivity index (χ0n) is 14.1. The molecule has 0 saturated heterocycles. The van der Waals surface area contributed by atoms with Gasteiger partial charge in [0.05, 0.1) is 12.0 Å². The largest absolute Gasteiger partial charge is 0.400 e. The van der Waals surface area contributed by atoms with Crippen LogP contribution in [0.1, 0.15) is 50.5 Å². The fourth-order valence-electron chi connectivity index (χ4n) is 3.38. The minimum absolute atomic E-state index is 0.528. The van der Waals surface area contributed by atoms with E-state index in [-0.39, 0.29) is 0 Å². The molecule has 2 heterocycles. The zero-order chi connectivity index (χ0) is 16.1. The average Bonchev–Trinajstić information content (AvgIpc) is 3.28. The third-order valence-corrected chi connectivity index (χ3v) is 4.92. The summed E-state index contributed by atoms with van der Waals surface area (Å²) < 4.78 is 0. The van der Waals surface area contributed by atoms with Gasteiger partial charge in [0, 0.05) is 23.4 Å². The summed E-state index contributed by atoms with van der Waals surface area (Å²) in [7, 11) is 2.01. The lowest BCUT2D eigenvalue weighted by atomic mass is 9.85. The van der Waals surface area contributed by atoms with E-state index in [0.29, 0.717) is 5.92 Å². The first-order valence-electron chi connectivity index (χ1n) is 8.90. The normalized spacial score (nSPS) is 22.7. The second-order valence-corrected chi connectivity index (χ2v) is 6.81. The number of fused-ring (bicyclic) bond motifs is 1. The molecule has 4 rings (SSSR count). The van der Waals surface area contributed by atoms with Gasteiger partial charge in [0.25, 0.3) is 0 Å². The van der Waals surface area contributed by atoms with Crippen LogP contribution < -0.4 is 16.4 Å². The quantitative estimate of drug-likeness (QED) is 0.692. The highest BCUT2D eigenvalue weighted by molar-refractivity contribution is 5.87. The van der Waals surface area contributed by atoms with E-state index in [1.165, 1.54) is 51.5 Å². The van der Waals surface area contributed by atoms with E-state index >= 15 is 0 Å². The molecule has 1 aromatic rings. The number of allylic oxidation sites excluding steroid dienone is 1. The van der Waals surface area contributed by atoms with Crippen molar-refractivity contribution in [1.82, 2.24) is 15.6 Å². The second kappa shape index (κ2) is 7.68. The first-order valence-corrected chi connectivity index (χ1v) is 8.90. The number of hydrogen-bond acceptors (Lipinski definition) is 4. The van der Waals surface area contributed by atoms with Crippen molar-refractivity contribution in [3.8, 4) is 0 Å². The molecule has 2 aliphatic carbocycles. The van der Waals surface area contributed by atoms with Crippen LogP contribution in [0.4, 0.5) is 5.82 Å². The van der Waals surface area contributed by atoms with Gasteiger partial charge in [-0.1, -0.05) is 19.3 Å². The molecule has 3 aliphatic rings. The molecule has 1 aliphatic heterocycles. The monoisotopic (exact) mass is 315 g/mol. The van der Waals surface area contributed by atoms with E-state index in [1.54, 1.807) is 6.34 Å². The van der Waals surface area contributed by atoms with Crippen LogP contribution in [0.2, 0.25) is 0 Å². The van der Waals surface area contributed by atoms with Gasteiger partial charge in [-0.05, 0) is 51.3 Å². The number of aromatic nitrogens is 1. The lowest BCUT2D eigenvalue weighted by molar-refractivity contribution is 0.400. The SMILES string of the molecule is CNCC1CC1.N/C(=C1\NC=Nc2[nH]ccc21)C1CCCCC1. The highest BCUT2D eigenvalue weighted by Gasteiger charge is 2.22. The Morgan fingerprint density at radius 1 is 1.26 bits per heavy atom. The first-order chi connectivity index (χ1) is 11.3. The summed E-state index contributed by atoms with van der Waals surface area (Å²) >= 11 is 0. The van der Waals surface area contributed by atoms with E-state index in [9.17, 15) is 0 Å². The number of aliphatic imine (C=N–C) groups is 1. The van der Waals surface area contributed by atoms with Gasteiger partial charge in [-0.15, -0.1) is 0 Å². The van der Waals surface area contributed by atoms with Crippen LogP contribution >= 0.6 is 0 Å². The molecule has 2 fully saturated rings. The van der Waals surface area contributed by atoms with Crippen LogP contribution in [-0.4, -0.2) is 24.9 Å². The maximum absolute atomic E-state index is 6.34. The van der Waals surface area contributed by atoms with Crippen molar-refractivity contribution in [2.24, 2.45) is 22.6 Å². The van der Waals surface area contributed by atoms with Gasteiger partial charge in [-0.3, -0.25) is 0 Å². The van der Waals surface area contributed by atoms with Crippen LogP contribution in [0.5, 0.6) is 0 Å². The number of nitrogens with two attached hydrogens (primary N) is 1. The first kappa shape index (κ1) is 16.1. The number of nitrogens with one attached hydrogen (secondary N) is 3. The molecule has 1 aromatic heterocycles. The molecular formula is C18H29N5. The van der Waals surface area contributed by atoms with Gasteiger partial charge in [0.15, 0.2) is 0 Å². The number of aromatic amines is 1. The van der Waals surface area contributed by atoms with Crippen LogP contribution in [0.3, 0.4) is 0 Å². The minimum atomic E-state index is 0.528. The third-order valence-electron chi connectivity index (χ3n) is 4.92. The van der Waals surface area contributed by atoms with Crippen LogP contribution in [0.15, 0.2) is 23.0 Å². The predicted octanol–water partition coefficient (Wildman–Crippen LogP) is 3.10. The molecule has 5 heteroatoms. The Morgan fingerprint density at radius 3 is 2.70 bits per heavy atom. The third kappa shape index (κ3) is 4.16. The molecule has 5 N–H and O–H groups in total. The summed E-state index contributed by atoms with van der Waals surface area (Å²) in [6.07, 6.45) is 12.9. The van der Waals surface area contributed by atoms with Gasteiger partial charge in [0.2, 0.25) is 0 Å². The molecule has 0 bridgehead atoms. The summed E-state index contributed by atoms with van der Waals surface area (Å²) in [6.45, 7) is 1.24. The van der Waals surface area contributed by atoms with Gasteiger partial charge in [-0.25, -0.2) is 4.99 Å². The highest BCUT2D eigenvalue weighted by Crippen LogP contribution is 2.33. The fraction of sp³-hybridized carbons (Fsp3) is 0.611. The molecule has 126 valence electrons. The lowest BCUT2D eigenvalue weighted by Crippen LogP contribution is -2.24. The predicted molar refractivity (Wildman–Crippen MR) is 96.4 cm³/mol. The zero-order valence-corrected chi connectivity index (χ0v) is 14.1. The van der Waals surface area contributed by atoms with Crippen molar-refractivity contribution in [3.05, 3.63) is 23.5 Å². The van der Waals surface area contributed by atoms with Gasteiger partial charge in [0.1, 0.15) is 5.82 Å². The Labute approximate surface area is 138 Å². The average molecular weight is 315 g/mol. The van der Waals surface area contributed by atoms with Crippen molar-refractivity contribution >= 4 is 17.9 Å². The maximum atomic E-state index is 6.34. The van der Waals surface area contributed by atoms with Crippen LogP contribution in [0.25, 0.3) is 5.70 Å². The Bertz CT molecular complexity index is 562. The summed E-state index contributed by atoms with van der Waals surface area (Å²) in [5.74, 6) is 2.47. The maximum Gasteiger partial charge on any atom is 0.141 e. The minimum Gasteiger partial charge on any atom is -0.400 e. The molecule has 2 saturated carbocycles. The smallest absolute Gasteiger partial charge is 0.141 e. The van der Waals surface area contributed by atoms with E-state index < -0.39 is 0 Å². The molecule has 0 atom stereocenters. The molecular weight excluding hydrogens is 286 g/mol. The summed E-state index contributed by atoms with van der Waals surface area (Å²) in [5.41, 5.74) is 9.47. The van der Waals surface area contributed by atoms with Crippen molar-refractivity contribution in [2.75, 3.05) is 13.6 Å². The molecule has 0 spiro atoms. The Morgan fingerprint density at radius 2 is 2.04 bits per heavy atom. The topological polar surface area (TPSA) is 78.2 Å². The van der Waals surface area contributed by atoms with Gasteiger partial charge in [-0.2, -0.15) is 0 Å². The van der Waals surface area contributed by atoms with Crippen molar-refractivity contribution in [3.63, 3.8) is 0 Å². The summed E-state index contributed by atoms with van der Waals surface area (Å²) in [6, 6.07) is 2.03. The summed E-state index contributed by atoms with van der Waals surface area (Å²) in [5, 5.41) is 6.33. The van der Waals surface area contributed by atoms with E-state index in [2.05, 4.69) is 20.6 Å². The fourth-order valence-corrected chi connectivity index (χ4v) is 3.38. The molecule has 0 unspecified atom stereocenters. The van der Waals surface area contributed by atoms with Gasteiger partial charge >= 0.3 is 0 Å². The Hall–Kier alpha value is -1.75. The van der Waals surface area contributed by atoms with Crippen molar-refractivity contribution in [1.29, 1.82) is 0 Å². The number of hydrogen-bond donors (Lipinski definition) is 4. The number of rotatable bonds is 3. The molecule has 5 nitrogen and oxygen atoms in total. The van der Waals surface area contributed by atoms with Crippen LogP contribution in [-0.2, 0) is 0 Å². The Balaban J connectivity index is 0.000000220. The number of nitrogens with zero attached hydrogens (tertiary/aromatic N) is 1. The number of H-pyrrole nitrogens is 1. The Kier molecular flexibility index (Phi) is 5.39. The summed E-state index contributed by atoms with van der Waals surface area (Å²) in [4.78, 5) is 7.37. The molecule has 0 radical (unpaired) electrons. The van der Waals surface area contributed by atoms with E-state index in [1.807, 2.05) is 19.3 Å². The molecule has 0 amide bonds. The molecule has 0 aromatic carbocycles.